The van der Waals surface area contributed by atoms with Gasteiger partial charge >= 0.3 is 0 Å². The SMILES string of the molecule is [B]C(C)(C)C1C(C)CC2CCCC1C2. The van der Waals surface area contributed by atoms with Crippen LogP contribution < -0.4 is 0 Å². The zero-order valence-electron chi connectivity index (χ0n) is 9.92. The lowest BCUT2D eigenvalue weighted by molar-refractivity contribution is 0.0483. The van der Waals surface area contributed by atoms with E-state index in [4.69, 9.17) is 7.85 Å². The third-order valence-corrected chi connectivity index (χ3v) is 4.51. The van der Waals surface area contributed by atoms with Crippen molar-refractivity contribution >= 4 is 7.85 Å². The topological polar surface area (TPSA) is 0 Å². The van der Waals surface area contributed by atoms with Crippen molar-refractivity contribution in [3.63, 3.8) is 0 Å². The monoisotopic (exact) mass is 190 g/mol. The average molecular weight is 190 g/mol. The summed E-state index contributed by atoms with van der Waals surface area (Å²) >= 11 is 0. The van der Waals surface area contributed by atoms with Crippen LogP contribution in [0.4, 0.5) is 0 Å². The van der Waals surface area contributed by atoms with E-state index >= 15 is 0 Å². The van der Waals surface area contributed by atoms with E-state index in [0.717, 1.165) is 23.7 Å². The Morgan fingerprint density at radius 2 is 1.86 bits per heavy atom. The van der Waals surface area contributed by atoms with Crippen LogP contribution in [-0.4, -0.2) is 7.85 Å². The minimum absolute atomic E-state index is 0.0341. The van der Waals surface area contributed by atoms with Gasteiger partial charge in [-0.2, -0.15) is 0 Å². The van der Waals surface area contributed by atoms with Crippen LogP contribution in [0.1, 0.15) is 52.9 Å². The van der Waals surface area contributed by atoms with Crippen LogP contribution in [0.15, 0.2) is 0 Å². The lowest BCUT2D eigenvalue weighted by Gasteiger charge is -2.50. The lowest BCUT2D eigenvalue weighted by Crippen LogP contribution is -2.39. The van der Waals surface area contributed by atoms with Crippen molar-refractivity contribution in [3.8, 4) is 0 Å². The second kappa shape index (κ2) is 3.57. The van der Waals surface area contributed by atoms with E-state index in [1.54, 1.807) is 0 Å². The Balaban J connectivity index is 2.15. The lowest BCUT2D eigenvalue weighted by atomic mass is 9.50. The summed E-state index contributed by atoms with van der Waals surface area (Å²) in [6.45, 7) is 6.87. The summed E-state index contributed by atoms with van der Waals surface area (Å²) in [6.07, 6.45) is 7.27. The zero-order chi connectivity index (χ0) is 10.3. The van der Waals surface area contributed by atoms with Crippen molar-refractivity contribution in [2.75, 3.05) is 0 Å². The fourth-order valence-electron chi connectivity index (χ4n) is 4.35. The first-order chi connectivity index (χ1) is 6.48. The number of fused-ring (bicyclic) bond motifs is 2. The molecule has 0 nitrogen and oxygen atoms in total. The molecule has 2 aliphatic rings. The van der Waals surface area contributed by atoms with Crippen LogP contribution >= 0.6 is 0 Å². The van der Waals surface area contributed by atoms with Gasteiger partial charge in [-0.15, -0.1) is 0 Å². The third-order valence-electron chi connectivity index (χ3n) is 4.51. The van der Waals surface area contributed by atoms with Gasteiger partial charge in [0.05, 0.1) is 7.85 Å². The average Bonchev–Trinajstić information content (AvgIpc) is 2.00. The van der Waals surface area contributed by atoms with Gasteiger partial charge in [-0.05, 0) is 36.5 Å². The smallest absolute Gasteiger partial charge is 0.0683 e. The quantitative estimate of drug-likeness (QED) is 0.551. The standard InChI is InChI=1S/C13H23B/c1-9-7-10-5-4-6-11(8-10)12(9)13(2,3)14/h9-12H,4-8H2,1-3H3. The van der Waals surface area contributed by atoms with Crippen molar-refractivity contribution in [1.82, 2.24) is 0 Å². The van der Waals surface area contributed by atoms with Crippen LogP contribution in [0, 0.1) is 23.7 Å². The molecule has 1 heteroatoms. The summed E-state index contributed by atoms with van der Waals surface area (Å²) in [5.74, 6) is 3.57. The van der Waals surface area contributed by atoms with Gasteiger partial charge in [-0.25, -0.2) is 0 Å². The molecule has 0 aliphatic heterocycles. The van der Waals surface area contributed by atoms with Crippen LogP contribution in [0.5, 0.6) is 0 Å². The largest absolute Gasteiger partial charge is 0.0742 e. The maximum absolute atomic E-state index is 6.34. The molecular weight excluding hydrogens is 167 g/mol. The molecule has 0 aromatic carbocycles. The summed E-state index contributed by atoms with van der Waals surface area (Å²) in [5, 5.41) is 0.0341. The summed E-state index contributed by atoms with van der Waals surface area (Å²) in [4.78, 5) is 0. The predicted octanol–water partition coefficient (Wildman–Crippen LogP) is 3.82. The van der Waals surface area contributed by atoms with Crippen LogP contribution in [0.3, 0.4) is 0 Å². The molecule has 2 saturated carbocycles. The van der Waals surface area contributed by atoms with Crippen molar-refractivity contribution in [2.45, 2.75) is 58.2 Å². The molecule has 4 unspecified atom stereocenters. The van der Waals surface area contributed by atoms with Gasteiger partial charge in [0.1, 0.15) is 0 Å². The minimum atomic E-state index is 0.0341. The molecule has 0 aromatic rings. The van der Waals surface area contributed by atoms with Crippen LogP contribution in [0.25, 0.3) is 0 Å². The van der Waals surface area contributed by atoms with Crippen LogP contribution in [-0.2, 0) is 0 Å². The normalized spacial score (nSPS) is 43.6. The molecule has 78 valence electrons. The molecule has 4 atom stereocenters. The highest BCUT2D eigenvalue weighted by Crippen LogP contribution is 2.53. The fraction of sp³-hybridized carbons (Fsp3) is 1.00. The molecule has 2 radical (unpaired) electrons. The van der Waals surface area contributed by atoms with Gasteiger partial charge in [0.25, 0.3) is 0 Å². The van der Waals surface area contributed by atoms with Gasteiger partial charge in [0.2, 0.25) is 0 Å². The molecule has 2 fully saturated rings. The molecule has 2 bridgehead atoms. The van der Waals surface area contributed by atoms with Gasteiger partial charge in [0, 0.05) is 0 Å². The predicted molar refractivity (Wildman–Crippen MR) is 62.5 cm³/mol. The summed E-state index contributed by atoms with van der Waals surface area (Å²) < 4.78 is 0. The Kier molecular flexibility index (Phi) is 2.70. The fourth-order valence-corrected chi connectivity index (χ4v) is 4.35. The first kappa shape index (κ1) is 10.6. The van der Waals surface area contributed by atoms with E-state index in [9.17, 15) is 0 Å². The molecule has 0 aromatic heterocycles. The third kappa shape index (κ3) is 1.88. The summed E-state index contributed by atoms with van der Waals surface area (Å²) in [5.41, 5.74) is 0. The maximum atomic E-state index is 6.34. The highest BCUT2D eigenvalue weighted by molar-refractivity contribution is 6.14. The molecular formula is C13H23B. The molecule has 0 N–H and O–H groups in total. The number of hydrogen-bond acceptors (Lipinski definition) is 0. The van der Waals surface area contributed by atoms with E-state index < -0.39 is 0 Å². The maximum Gasteiger partial charge on any atom is 0.0742 e. The summed E-state index contributed by atoms with van der Waals surface area (Å²) in [6, 6.07) is 0. The molecule has 0 heterocycles. The van der Waals surface area contributed by atoms with Crippen molar-refractivity contribution in [3.05, 3.63) is 0 Å². The Morgan fingerprint density at radius 1 is 1.14 bits per heavy atom. The highest BCUT2D eigenvalue weighted by Gasteiger charge is 2.42. The summed E-state index contributed by atoms with van der Waals surface area (Å²) in [7, 11) is 6.34. The highest BCUT2D eigenvalue weighted by atomic mass is 14.5. The Hall–Kier alpha value is 0.0649. The minimum Gasteiger partial charge on any atom is -0.0683 e. The van der Waals surface area contributed by atoms with E-state index in [0.29, 0.717) is 0 Å². The molecule has 0 amide bonds. The van der Waals surface area contributed by atoms with Crippen molar-refractivity contribution in [1.29, 1.82) is 0 Å². The molecule has 14 heavy (non-hydrogen) atoms. The van der Waals surface area contributed by atoms with Crippen LogP contribution in [0.2, 0.25) is 5.31 Å². The first-order valence-corrected chi connectivity index (χ1v) is 6.27. The van der Waals surface area contributed by atoms with Gasteiger partial charge < -0.3 is 0 Å². The molecule has 0 spiro atoms. The van der Waals surface area contributed by atoms with Crippen molar-refractivity contribution < 1.29 is 0 Å². The Labute approximate surface area is 90.3 Å². The van der Waals surface area contributed by atoms with E-state index in [1.807, 2.05) is 0 Å². The van der Waals surface area contributed by atoms with Gasteiger partial charge in [-0.1, -0.05) is 45.3 Å². The molecule has 2 rings (SSSR count). The number of hydrogen-bond donors (Lipinski definition) is 0. The van der Waals surface area contributed by atoms with E-state index in [2.05, 4.69) is 20.8 Å². The molecule has 0 saturated heterocycles. The number of rotatable bonds is 1. The van der Waals surface area contributed by atoms with E-state index in [1.165, 1.54) is 32.1 Å². The van der Waals surface area contributed by atoms with Crippen molar-refractivity contribution in [2.24, 2.45) is 23.7 Å². The van der Waals surface area contributed by atoms with Gasteiger partial charge in [0.15, 0.2) is 0 Å². The second-order valence-electron chi connectivity index (χ2n) is 6.35. The Morgan fingerprint density at radius 3 is 2.50 bits per heavy atom. The molecule has 2 aliphatic carbocycles. The van der Waals surface area contributed by atoms with Gasteiger partial charge in [-0.3, -0.25) is 0 Å². The second-order valence-corrected chi connectivity index (χ2v) is 6.35. The Bertz CT molecular complexity index is 202. The van der Waals surface area contributed by atoms with E-state index in [-0.39, 0.29) is 5.31 Å². The zero-order valence-corrected chi connectivity index (χ0v) is 9.92. The first-order valence-electron chi connectivity index (χ1n) is 6.27.